The van der Waals surface area contributed by atoms with Crippen molar-refractivity contribution in [2.45, 2.75) is 13.3 Å². The molecule has 1 aliphatic heterocycles. The van der Waals surface area contributed by atoms with Gasteiger partial charge in [0.15, 0.2) is 0 Å². The van der Waals surface area contributed by atoms with Crippen molar-refractivity contribution in [1.82, 2.24) is 5.32 Å². The van der Waals surface area contributed by atoms with Crippen LogP contribution in [0.1, 0.15) is 23.7 Å². The Hall–Kier alpha value is -0.920. The van der Waals surface area contributed by atoms with Gasteiger partial charge in [0.25, 0.3) is 0 Å². The number of hydrogen-bond donors (Lipinski definition) is 2. The molecule has 1 saturated heterocycles. The van der Waals surface area contributed by atoms with Gasteiger partial charge >= 0.3 is 5.97 Å². The molecule has 7 heteroatoms. The average Bonchev–Trinajstić information content (AvgIpc) is 2.88. The molecule has 5 nitrogen and oxygen atoms in total. The van der Waals surface area contributed by atoms with E-state index in [9.17, 15) is 9.59 Å². The van der Waals surface area contributed by atoms with Gasteiger partial charge in [0.2, 0.25) is 5.91 Å². The van der Waals surface area contributed by atoms with E-state index in [4.69, 9.17) is 4.74 Å². The molecular weight excluding hydrogens is 404 g/mol. The molecule has 1 amide bonds. The third kappa shape index (κ3) is 3.46. The molecule has 1 heterocycles. The topological polar surface area (TPSA) is 67.4 Å². The molecule has 2 N–H and O–H groups in total. The molecule has 0 spiro atoms. The van der Waals surface area contributed by atoms with Crippen molar-refractivity contribution in [3.63, 3.8) is 0 Å². The van der Waals surface area contributed by atoms with Gasteiger partial charge in [0.05, 0.1) is 23.8 Å². The van der Waals surface area contributed by atoms with Crippen LogP contribution >= 0.6 is 31.9 Å². The summed E-state index contributed by atoms with van der Waals surface area (Å²) in [5.41, 5.74) is 0.268. The molecule has 2 rings (SSSR count). The Balaban J connectivity index is 2.35. The van der Waals surface area contributed by atoms with Crippen LogP contribution in [0, 0.1) is 5.41 Å². The highest BCUT2D eigenvalue weighted by Crippen LogP contribution is 2.34. The van der Waals surface area contributed by atoms with Gasteiger partial charge in [-0.05, 0) is 48.0 Å². The van der Waals surface area contributed by atoms with Crippen molar-refractivity contribution >= 4 is 49.4 Å². The van der Waals surface area contributed by atoms with Crippen LogP contribution in [0.3, 0.4) is 0 Å². The monoisotopic (exact) mass is 418 g/mol. The van der Waals surface area contributed by atoms with Crippen molar-refractivity contribution in [1.29, 1.82) is 0 Å². The van der Waals surface area contributed by atoms with E-state index in [-0.39, 0.29) is 5.91 Å². The van der Waals surface area contributed by atoms with Gasteiger partial charge in [-0.2, -0.15) is 0 Å². The van der Waals surface area contributed by atoms with Crippen LogP contribution in [-0.4, -0.2) is 32.1 Å². The number of rotatable bonds is 3. The number of esters is 1. The number of methoxy groups -OCH3 is 1. The van der Waals surface area contributed by atoms with Gasteiger partial charge in [-0.3, -0.25) is 4.79 Å². The van der Waals surface area contributed by atoms with Gasteiger partial charge in [-0.25, -0.2) is 4.79 Å². The number of halogens is 2. The molecule has 1 aromatic carbocycles. The summed E-state index contributed by atoms with van der Waals surface area (Å²) in [5, 5.41) is 6.04. The zero-order chi connectivity index (χ0) is 15.6. The second-order valence-corrected chi connectivity index (χ2v) is 7.01. The van der Waals surface area contributed by atoms with Gasteiger partial charge < -0.3 is 15.4 Å². The van der Waals surface area contributed by atoms with E-state index < -0.39 is 11.4 Å². The van der Waals surface area contributed by atoms with E-state index in [1.54, 1.807) is 12.1 Å². The van der Waals surface area contributed by atoms with Gasteiger partial charge in [-0.15, -0.1) is 0 Å². The Morgan fingerprint density at radius 2 is 2.10 bits per heavy atom. The number of benzene rings is 1. The lowest BCUT2D eigenvalue weighted by molar-refractivity contribution is -0.123. The van der Waals surface area contributed by atoms with Crippen molar-refractivity contribution in [2.75, 3.05) is 25.5 Å². The summed E-state index contributed by atoms with van der Waals surface area (Å²) in [4.78, 5) is 24.4. The maximum Gasteiger partial charge on any atom is 0.340 e. The highest BCUT2D eigenvalue weighted by atomic mass is 79.9. The Kier molecular flexibility index (Phi) is 5.06. The summed E-state index contributed by atoms with van der Waals surface area (Å²) in [6.45, 7) is 3.35. The zero-order valence-electron chi connectivity index (χ0n) is 11.8. The number of amides is 1. The second-order valence-electron chi connectivity index (χ2n) is 5.24. The minimum atomic E-state index is -0.498. The summed E-state index contributed by atoms with van der Waals surface area (Å²) in [7, 11) is 1.31. The summed E-state index contributed by atoms with van der Waals surface area (Å²) in [6.07, 6.45) is 0.764. The molecule has 114 valence electrons. The Morgan fingerprint density at radius 1 is 1.38 bits per heavy atom. The van der Waals surface area contributed by atoms with Crippen molar-refractivity contribution < 1.29 is 14.3 Å². The van der Waals surface area contributed by atoms with Crippen LogP contribution in [0.2, 0.25) is 0 Å². The third-order valence-corrected chi connectivity index (χ3v) is 4.70. The lowest BCUT2D eigenvalue weighted by atomic mass is 9.88. The minimum absolute atomic E-state index is 0.110. The van der Waals surface area contributed by atoms with Crippen LogP contribution in [0.15, 0.2) is 21.1 Å². The van der Waals surface area contributed by atoms with Crippen LogP contribution in [0.5, 0.6) is 0 Å². The fraction of sp³-hybridized carbons (Fsp3) is 0.429. The van der Waals surface area contributed by atoms with Crippen LogP contribution in [0.4, 0.5) is 5.69 Å². The fourth-order valence-electron chi connectivity index (χ4n) is 2.25. The Morgan fingerprint density at radius 3 is 2.67 bits per heavy atom. The van der Waals surface area contributed by atoms with E-state index in [1.165, 1.54) is 7.11 Å². The van der Waals surface area contributed by atoms with Gasteiger partial charge in [-0.1, -0.05) is 15.9 Å². The number of carbonyl (C=O) groups excluding carboxylic acids is 2. The molecule has 1 aliphatic rings. The number of nitrogens with one attached hydrogen (secondary N) is 2. The van der Waals surface area contributed by atoms with Gasteiger partial charge in [0.1, 0.15) is 0 Å². The first-order valence-corrected chi connectivity index (χ1v) is 8.05. The molecule has 21 heavy (non-hydrogen) atoms. The molecule has 1 atom stereocenters. The molecule has 1 unspecified atom stereocenters. The van der Waals surface area contributed by atoms with E-state index in [0.717, 1.165) is 17.4 Å². The highest BCUT2D eigenvalue weighted by Gasteiger charge is 2.37. The minimum Gasteiger partial charge on any atom is -0.465 e. The molecule has 0 saturated carbocycles. The normalized spacial score (nSPS) is 21.1. The van der Waals surface area contributed by atoms with Crippen LogP contribution in [0.25, 0.3) is 0 Å². The summed E-state index contributed by atoms with van der Waals surface area (Å²) < 4.78 is 6.12. The Labute approximate surface area is 140 Å². The van der Waals surface area contributed by atoms with Crippen molar-refractivity contribution in [3.05, 3.63) is 26.6 Å². The third-order valence-electron chi connectivity index (χ3n) is 3.62. The summed E-state index contributed by atoms with van der Waals surface area (Å²) in [5.74, 6) is -0.609. The van der Waals surface area contributed by atoms with E-state index >= 15 is 0 Å². The predicted molar refractivity (Wildman–Crippen MR) is 87.4 cm³/mol. The first-order chi connectivity index (χ1) is 9.87. The molecule has 0 radical (unpaired) electrons. The number of ether oxygens (including phenoxy) is 1. The molecule has 0 aliphatic carbocycles. The van der Waals surface area contributed by atoms with Crippen molar-refractivity contribution in [2.24, 2.45) is 5.41 Å². The number of anilines is 1. The molecule has 0 bridgehead atoms. The summed E-state index contributed by atoms with van der Waals surface area (Å²) in [6, 6.07) is 3.40. The number of hydrogen-bond acceptors (Lipinski definition) is 4. The zero-order valence-corrected chi connectivity index (χ0v) is 14.9. The maximum atomic E-state index is 12.5. The molecule has 0 aromatic heterocycles. The molecule has 1 fully saturated rings. The highest BCUT2D eigenvalue weighted by molar-refractivity contribution is 9.11. The van der Waals surface area contributed by atoms with E-state index in [1.807, 2.05) is 6.92 Å². The first-order valence-electron chi connectivity index (χ1n) is 6.47. The van der Waals surface area contributed by atoms with Gasteiger partial charge in [0, 0.05) is 15.5 Å². The van der Waals surface area contributed by atoms with Crippen molar-refractivity contribution in [3.8, 4) is 0 Å². The van der Waals surface area contributed by atoms with Crippen LogP contribution < -0.4 is 10.6 Å². The largest absolute Gasteiger partial charge is 0.465 e. The lowest BCUT2D eigenvalue weighted by Crippen LogP contribution is -2.35. The summed E-state index contributed by atoms with van der Waals surface area (Å²) >= 11 is 6.71. The second kappa shape index (κ2) is 6.46. The Bertz CT molecular complexity index is 584. The number of carbonyl (C=O) groups is 2. The first kappa shape index (κ1) is 16.5. The van der Waals surface area contributed by atoms with Crippen LogP contribution in [-0.2, 0) is 9.53 Å². The average molecular weight is 420 g/mol. The van der Waals surface area contributed by atoms with E-state index in [0.29, 0.717) is 22.3 Å². The molecule has 1 aromatic rings. The maximum absolute atomic E-state index is 12.5. The smallest absolute Gasteiger partial charge is 0.340 e. The SMILES string of the molecule is COC(=O)c1cc(Br)cc(Br)c1NC(=O)C1(C)CCNC1. The quantitative estimate of drug-likeness (QED) is 0.739. The lowest BCUT2D eigenvalue weighted by Gasteiger charge is -2.23. The fourth-order valence-corrected chi connectivity index (χ4v) is 3.57. The standard InChI is InChI=1S/C14H16Br2N2O3/c1-14(3-4-17-7-14)13(20)18-11-9(12(19)21-2)5-8(15)6-10(11)16/h5-6,17H,3-4,7H2,1-2H3,(H,18,20). The predicted octanol–water partition coefficient (Wildman–Crippen LogP) is 2.94. The molecular formula is C14H16Br2N2O3. The van der Waals surface area contributed by atoms with E-state index in [2.05, 4.69) is 42.5 Å².